The van der Waals surface area contributed by atoms with Crippen LogP contribution in [0.25, 0.3) is 0 Å². The number of alkyl carbamates (subject to hydrolysis) is 1. The Labute approximate surface area is 197 Å². The summed E-state index contributed by atoms with van der Waals surface area (Å²) in [5.74, 6) is 1.14. The van der Waals surface area contributed by atoms with E-state index in [4.69, 9.17) is 4.74 Å². The standard InChI is InChI=1S/C24H27N5O3S/c1-17(30)28-20-7-5-19(6-8-20)22-12-18(9-11-29(22)23-4-2-3-10-25-23)13-26-24(31)32-14-21-15-33-16-27-21/h2-8,10,15-16,18,22H,9,11-14H2,1H3,(H,26,31)(H,28,30). The van der Waals surface area contributed by atoms with Crippen molar-refractivity contribution in [2.24, 2.45) is 5.92 Å². The molecule has 0 radical (unpaired) electrons. The van der Waals surface area contributed by atoms with Gasteiger partial charge in [-0.3, -0.25) is 4.79 Å². The molecular weight excluding hydrogens is 438 g/mol. The van der Waals surface area contributed by atoms with Crippen LogP contribution in [-0.2, 0) is 16.1 Å². The van der Waals surface area contributed by atoms with E-state index < -0.39 is 6.09 Å². The minimum absolute atomic E-state index is 0.0941. The van der Waals surface area contributed by atoms with Gasteiger partial charge in [-0.05, 0) is 48.6 Å². The van der Waals surface area contributed by atoms with Crippen molar-refractivity contribution in [1.29, 1.82) is 0 Å². The summed E-state index contributed by atoms with van der Waals surface area (Å²) >= 11 is 1.47. The van der Waals surface area contributed by atoms with E-state index in [1.54, 1.807) is 11.7 Å². The number of nitrogens with one attached hydrogen (secondary N) is 2. The lowest BCUT2D eigenvalue weighted by Gasteiger charge is -2.40. The number of ether oxygens (including phenoxy) is 1. The van der Waals surface area contributed by atoms with Crippen molar-refractivity contribution in [3.8, 4) is 0 Å². The van der Waals surface area contributed by atoms with E-state index in [9.17, 15) is 9.59 Å². The quantitative estimate of drug-likeness (QED) is 0.538. The van der Waals surface area contributed by atoms with Crippen LogP contribution in [0.4, 0.5) is 16.3 Å². The summed E-state index contributed by atoms with van der Waals surface area (Å²) in [6.45, 7) is 3.05. The van der Waals surface area contributed by atoms with Gasteiger partial charge in [0, 0.05) is 37.3 Å². The average Bonchev–Trinajstić information content (AvgIpc) is 3.36. The molecule has 2 aromatic heterocycles. The molecule has 1 fully saturated rings. The number of rotatable bonds is 7. The lowest BCUT2D eigenvalue weighted by molar-refractivity contribution is -0.114. The number of carbonyl (C=O) groups excluding carboxylic acids is 2. The van der Waals surface area contributed by atoms with Crippen LogP contribution in [0.15, 0.2) is 59.6 Å². The summed E-state index contributed by atoms with van der Waals surface area (Å²) in [7, 11) is 0. The second kappa shape index (κ2) is 10.9. The number of piperidine rings is 1. The highest BCUT2D eigenvalue weighted by Gasteiger charge is 2.30. The van der Waals surface area contributed by atoms with Crippen LogP contribution in [0.5, 0.6) is 0 Å². The van der Waals surface area contributed by atoms with Gasteiger partial charge in [-0.1, -0.05) is 18.2 Å². The minimum atomic E-state index is -0.425. The van der Waals surface area contributed by atoms with E-state index in [-0.39, 0.29) is 18.6 Å². The van der Waals surface area contributed by atoms with Gasteiger partial charge in [-0.25, -0.2) is 14.8 Å². The van der Waals surface area contributed by atoms with Crippen molar-refractivity contribution in [2.75, 3.05) is 23.3 Å². The highest BCUT2D eigenvalue weighted by molar-refractivity contribution is 7.07. The normalized spacial score (nSPS) is 17.9. The molecule has 3 heterocycles. The molecule has 0 bridgehead atoms. The monoisotopic (exact) mass is 465 g/mol. The molecule has 0 saturated carbocycles. The van der Waals surface area contributed by atoms with E-state index in [0.29, 0.717) is 12.5 Å². The molecule has 1 aliphatic rings. The maximum Gasteiger partial charge on any atom is 0.407 e. The van der Waals surface area contributed by atoms with Gasteiger partial charge in [-0.15, -0.1) is 11.3 Å². The number of thiazole rings is 1. The van der Waals surface area contributed by atoms with Crippen LogP contribution in [0.1, 0.15) is 37.1 Å². The third-order valence-corrected chi connectivity index (χ3v) is 6.28. The average molecular weight is 466 g/mol. The minimum Gasteiger partial charge on any atom is -0.443 e. The lowest BCUT2D eigenvalue weighted by Crippen LogP contribution is -2.41. The molecule has 33 heavy (non-hydrogen) atoms. The fraction of sp³-hybridized carbons (Fsp3) is 0.333. The maximum atomic E-state index is 12.1. The van der Waals surface area contributed by atoms with Gasteiger partial charge in [-0.2, -0.15) is 0 Å². The van der Waals surface area contributed by atoms with Crippen LogP contribution in [-0.4, -0.2) is 35.1 Å². The largest absolute Gasteiger partial charge is 0.443 e. The Balaban J connectivity index is 1.41. The maximum absolute atomic E-state index is 12.1. The topological polar surface area (TPSA) is 96.5 Å². The first kappa shape index (κ1) is 22.7. The van der Waals surface area contributed by atoms with Crippen LogP contribution in [0.3, 0.4) is 0 Å². The molecule has 2 N–H and O–H groups in total. The predicted molar refractivity (Wildman–Crippen MR) is 128 cm³/mol. The van der Waals surface area contributed by atoms with Crippen molar-refractivity contribution in [2.45, 2.75) is 32.4 Å². The Morgan fingerprint density at radius 3 is 2.73 bits per heavy atom. The first-order valence-corrected chi connectivity index (χ1v) is 11.9. The second-order valence-electron chi connectivity index (χ2n) is 8.03. The summed E-state index contributed by atoms with van der Waals surface area (Å²) in [4.78, 5) is 34.5. The van der Waals surface area contributed by atoms with Gasteiger partial charge in [0.1, 0.15) is 12.4 Å². The van der Waals surface area contributed by atoms with Crippen molar-refractivity contribution in [3.63, 3.8) is 0 Å². The van der Waals surface area contributed by atoms with E-state index in [2.05, 4.69) is 25.5 Å². The van der Waals surface area contributed by atoms with Crippen molar-refractivity contribution in [3.05, 3.63) is 70.8 Å². The molecule has 0 spiro atoms. The Bertz CT molecular complexity index is 1040. The van der Waals surface area contributed by atoms with E-state index in [1.165, 1.54) is 18.3 Å². The molecule has 2 amide bonds. The summed E-state index contributed by atoms with van der Waals surface area (Å²) in [5, 5.41) is 7.58. The summed E-state index contributed by atoms with van der Waals surface area (Å²) in [6.07, 6.45) is 3.18. The molecule has 1 aromatic carbocycles. The van der Waals surface area contributed by atoms with Gasteiger partial charge in [0.05, 0.1) is 17.2 Å². The van der Waals surface area contributed by atoms with Crippen molar-refractivity contribution >= 4 is 34.8 Å². The van der Waals surface area contributed by atoms with Gasteiger partial charge in [0.15, 0.2) is 0 Å². The molecule has 1 saturated heterocycles. The SMILES string of the molecule is CC(=O)Nc1ccc(C2CC(CNC(=O)OCc3cscn3)CCN2c2ccccn2)cc1. The van der Waals surface area contributed by atoms with E-state index >= 15 is 0 Å². The van der Waals surface area contributed by atoms with E-state index in [1.807, 2.05) is 47.8 Å². The molecule has 2 atom stereocenters. The van der Waals surface area contributed by atoms with Crippen molar-refractivity contribution < 1.29 is 14.3 Å². The highest BCUT2D eigenvalue weighted by atomic mass is 32.1. The lowest BCUT2D eigenvalue weighted by atomic mass is 9.87. The molecule has 4 rings (SSSR count). The molecule has 0 aliphatic carbocycles. The zero-order valence-corrected chi connectivity index (χ0v) is 19.3. The van der Waals surface area contributed by atoms with Crippen LogP contribution >= 0.6 is 11.3 Å². The Morgan fingerprint density at radius 1 is 1.18 bits per heavy atom. The molecule has 172 valence electrons. The fourth-order valence-electron chi connectivity index (χ4n) is 4.06. The number of anilines is 2. The number of hydrogen-bond donors (Lipinski definition) is 2. The molecular formula is C24H27N5O3S. The number of aromatic nitrogens is 2. The zero-order valence-electron chi connectivity index (χ0n) is 18.4. The zero-order chi connectivity index (χ0) is 23.0. The third kappa shape index (κ3) is 6.29. The van der Waals surface area contributed by atoms with E-state index in [0.717, 1.165) is 42.1 Å². The number of nitrogens with zero attached hydrogens (tertiary/aromatic N) is 3. The molecule has 8 nitrogen and oxygen atoms in total. The van der Waals surface area contributed by atoms with Crippen LogP contribution < -0.4 is 15.5 Å². The van der Waals surface area contributed by atoms with Crippen LogP contribution in [0, 0.1) is 5.92 Å². The predicted octanol–water partition coefficient (Wildman–Crippen LogP) is 4.38. The molecule has 1 aliphatic heterocycles. The molecule has 3 aromatic rings. The third-order valence-electron chi connectivity index (χ3n) is 5.64. The number of carbonyl (C=O) groups is 2. The van der Waals surface area contributed by atoms with Gasteiger partial charge in [0.25, 0.3) is 0 Å². The summed E-state index contributed by atoms with van der Waals surface area (Å²) < 4.78 is 5.26. The van der Waals surface area contributed by atoms with Crippen LogP contribution in [0.2, 0.25) is 0 Å². The number of hydrogen-bond acceptors (Lipinski definition) is 7. The van der Waals surface area contributed by atoms with Crippen molar-refractivity contribution in [1.82, 2.24) is 15.3 Å². The van der Waals surface area contributed by atoms with Gasteiger partial charge in [0.2, 0.25) is 5.91 Å². The number of amides is 2. The molecule has 2 unspecified atom stereocenters. The number of pyridine rings is 1. The smallest absolute Gasteiger partial charge is 0.407 e. The Kier molecular flexibility index (Phi) is 7.51. The highest BCUT2D eigenvalue weighted by Crippen LogP contribution is 2.37. The second-order valence-corrected chi connectivity index (χ2v) is 8.75. The first-order valence-electron chi connectivity index (χ1n) is 10.9. The Hall–Kier alpha value is -3.46. The van der Waals surface area contributed by atoms with Gasteiger partial charge >= 0.3 is 6.09 Å². The van der Waals surface area contributed by atoms with Gasteiger partial charge < -0.3 is 20.3 Å². The fourth-order valence-corrected chi connectivity index (χ4v) is 4.60. The summed E-state index contributed by atoms with van der Waals surface area (Å²) in [6, 6.07) is 14.0. The first-order chi connectivity index (χ1) is 16.1. The molecule has 9 heteroatoms. The summed E-state index contributed by atoms with van der Waals surface area (Å²) in [5.41, 5.74) is 4.38. The number of benzene rings is 1. The Morgan fingerprint density at radius 2 is 2.03 bits per heavy atom.